The fraction of sp³-hybridized carbons (Fsp3) is 0.579. The van der Waals surface area contributed by atoms with Crippen molar-refractivity contribution in [2.45, 2.75) is 44.4 Å². The molecule has 24 heavy (non-hydrogen) atoms. The van der Waals surface area contributed by atoms with E-state index >= 15 is 0 Å². The van der Waals surface area contributed by atoms with E-state index in [0.29, 0.717) is 25.6 Å². The first-order valence-electron chi connectivity index (χ1n) is 8.85. The van der Waals surface area contributed by atoms with Crippen LogP contribution in [-0.2, 0) is 9.59 Å². The monoisotopic (exact) mass is 331 g/mol. The number of carbonyl (C=O) groups is 2. The highest BCUT2D eigenvalue weighted by Gasteiger charge is 2.28. The van der Waals surface area contributed by atoms with Gasteiger partial charge in [0.15, 0.2) is 0 Å². The molecule has 1 N–H and O–H groups in total. The van der Waals surface area contributed by atoms with Gasteiger partial charge in [0.05, 0.1) is 6.61 Å². The molecule has 3 rings (SSSR count). The molecule has 0 radical (unpaired) electrons. The Morgan fingerprint density at radius 3 is 2.67 bits per heavy atom. The molecule has 1 atom stereocenters. The van der Waals surface area contributed by atoms with Gasteiger partial charge in [-0.05, 0) is 36.8 Å². The molecule has 2 fully saturated rings. The molecule has 1 aromatic carbocycles. The van der Waals surface area contributed by atoms with Crippen molar-refractivity contribution in [2.24, 2.45) is 5.92 Å². The van der Waals surface area contributed by atoms with Crippen molar-refractivity contribution in [1.82, 2.24) is 4.90 Å². The van der Waals surface area contributed by atoms with E-state index in [2.05, 4.69) is 12.1 Å². The first-order valence-corrected chi connectivity index (χ1v) is 8.85. The number of rotatable bonds is 6. The third-order valence-corrected chi connectivity index (χ3v) is 5.13. The van der Waals surface area contributed by atoms with Gasteiger partial charge < -0.3 is 14.7 Å². The number of amides is 1. The zero-order chi connectivity index (χ0) is 16.9. The number of carboxylic acid groups (broad SMARTS) is 1. The second-order valence-corrected chi connectivity index (χ2v) is 6.90. The molecule has 1 aliphatic carbocycles. The predicted octanol–water partition coefficient (Wildman–Crippen LogP) is 3.05. The molecule has 1 unspecified atom stereocenters. The lowest BCUT2D eigenvalue weighted by Gasteiger charge is -2.19. The highest BCUT2D eigenvalue weighted by molar-refractivity contribution is 5.93. The van der Waals surface area contributed by atoms with Gasteiger partial charge in [-0.2, -0.15) is 0 Å². The van der Waals surface area contributed by atoms with Crippen LogP contribution in [0.3, 0.4) is 0 Å². The molecular weight excluding hydrogens is 306 g/mol. The molecule has 0 spiro atoms. The van der Waals surface area contributed by atoms with Crippen LogP contribution in [0.15, 0.2) is 24.3 Å². The Hall–Kier alpha value is -2.04. The zero-order valence-corrected chi connectivity index (χ0v) is 13.9. The van der Waals surface area contributed by atoms with Crippen LogP contribution in [-0.4, -0.2) is 41.6 Å². The van der Waals surface area contributed by atoms with Gasteiger partial charge in [0, 0.05) is 19.0 Å². The van der Waals surface area contributed by atoms with Gasteiger partial charge in [0.25, 0.3) is 0 Å². The van der Waals surface area contributed by atoms with Gasteiger partial charge in [-0.3, -0.25) is 9.59 Å². The molecule has 1 amide bonds. The average Bonchev–Trinajstić information content (AvgIpc) is 3.24. The van der Waals surface area contributed by atoms with Crippen molar-refractivity contribution in [1.29, 1.82) is 0 Å². The van der Waals surface area contributed by atoms with Gasteiger partial charge in [0.2, 0.25) is 5.91 Å². The second kappa shape index (κ2) is 7.69. The minimum atomic E-state index is -1.06. The Morgan fingerprint density at radius 1 is 1.17 bits per heavy atom. The first-order chi connectivity index (χ1) is 11.6. The van der Waals surface area contributed by atoms with Crippen LogP contribution in [0.4, 0.5) is 0 Å². The molecule has 1 aliphatic heterocycles. The van der Waals surface area contributed by atoms with E-state index in [1.807, 2.05) is 12.1 Å². The zero-order valence-electron chi connectivity index (χ0n) is 13.9. The van der Waals surface area contributed by atoms with Crippen molar-refractivity contribution in [3.05, 3.63) is 29.8 Å². The third kappa shape index (κ3) is 4.08. The number of carbonyl (C=O) groups excluding carboxylic acids is 1. The summed E-state index contributed by atoms with van der Waals surface area (Å²) in [5, 5.41) is 8.72. The SMILES string of the molecule is O=C(O)CC(=O)N1CCC(COc2ccccc2C2CCCC2)C1. The Balaban J connectivity index is 1.53. The number of ether oxygens (including phenoxy) is 1. The van der Waals surface area contributed by atoms with Crippen LogP contribution in [0, 0.1) is 5.92 Å². The molecule has 5 nitrogen and oxygen atoms in total. The van der Waals surface area contributed by atoms with Crippen LogP contribution >= 0.6 is 0 Å². The van der Waals surface area contributed by atoms with Crippen LogP contribution in [0.2, 0.25) is 0 Å². The van der Waals surface area contributed by atoms with Crippen LogP contribution < -0.4 is 4.74 Å². The fourth-order valence-corrected chi connectivity index (χ4v) is 3.83. The van der Waals surface area contributed by atoms with Crippen molar-refractivity contribution in [3.8, 4) is 5.75 Å². The summed E-state index contributed by atoms with van der Waals surface area (Å²) in [7, 11) is 0. The maximum Gasteiger partial charge on any atom is 0.312 e. The van der Waals surface area contributed by atoms with E-state index in [0.717, 1.165) is 12.2 Å². The summed E-state index contributed by atoms with van der Waals surface area (Å²) in [5.41, 5.74) is 1.31. The van der Waals surface area contributed by atoms with Gasteiger partial charge in [0.1, 0.15) is 12.2 Å². The van der Waals surface area contributed by atoms with E-state index in [1.54, 1.807) is 4.90 Å². The molecule has 1 aromatic rings. The second-order valence-electron chi connectivity index (χ2n) is 6.90. The summed E-state index contributed by atoms with van der Waals surface area (Å²) in [4.78, 5) is 24.1. The Kier molecular flexibility index (Phi) is 5.38. The minimum Gasteiger partial charge on any atom is -0.493 e. The van der Waals surface area contributed by atoms with Gasteiger partial charge >= 0.3 is 5.97 Å². The smallest absolute Gasteiger partial charge is 0.312 e. The summed E-state index contributed by atoms with van der Waals surface area (Å²) in [6.45, 7) is 1.81. The Bertz CT molecular complexity index is 595. The number of hydrogen-bond donors (Lipinski definition) is 1. The number of benzene rings is 1. The normalized spacial score (nSPS) is 21.2. The number of carboxylic acids is 1. The summed E-state index contributed by atoms with van der Waals surface area (Å²) in [6, 6.07) is 8.28. The standard InChI is InChI=1S/C19H25NO4/c21-18(11-19(22)23)20-10-9-14(12-20)13-24-17-8-4-3-7-16(17)15-5-1-2-6-15/h3-4,7-8,14-15H,1-2,5-6,9-13H2,(H,22,23). The number of para-hydroxylation sites is 1. The van der Waals surface area contributed by atoms with E-state index < -0.39 is 12.4 Å². The molecule has 1 saturated carbocycles. The molecule has 130 valence electrons. The molecule has 0 bridgehead atoms. The summed E-state index contributed by atoms with van der Waals surface area (Å²) in [5.74, 6) is 0.499. The van der Waals surface area contributed by atoms with Crippen LogP contribution in [0.25, 0.3) is 0 Å². The quantitative estimate of drug-likeness (QED) is 0.814. The lowest BCUT2D eigenvalue weighted by atomic mass is 9.97. The van der Waals surface area contributed by atoms with Crippen molar-refractivity contribution < 1.29 is 19.4 Å². The number of likely N-dealkylation sites (tertiary alicyclic amines) is 1. The number of nitrogens with zero attached hydrogens (tertiary/aromatic N) is 1. The first kappa shape index (κ1) is 16.8. The number of aliphatic carboxylic acids is 1. The third-order valence-electron chi connectivity index (χ3n) is 5.13. The lowest BCUT2D eigenvalue weighted by Crippen LogP contribution is -2.31. The van der Waals surface area contributed by atoms with Crippen molar-refractivity contribution in [2.75, 3.05) is 19.7 Å². The molecule has 2 aliphatic rings. The van der Waals surface area contributed by atoms with Crippen LogP contribution in [0.5, 0.6) is 5.75 Å². The van der Waals surface area contributed by atoms with Gasteiger partial charge in [-0.25, -0.2) is 0 Å². The van der Waals surface area contributed by atoms with E-state index in [9.17, 15) is 9.59 Å². The molecule has 5 heteroatoms. The van der Waals surface area contributed by atoms with Crippen LogP contribution in [0.1, 0.15) is 50.0 Å². The van der Waals surface area contributed by atoms with Crippen molar-refractivity contribution >= 4 is 11.9 Å². The van der Waals surface area contributed by atoms with E-state index in [1.165, 1.54) is 31.2 Å². The topological polar surface area (TPSA) is 66.8 Å². The fourth-order valence-electron chi connectivity index (χ4n) is 3.83. The Morgan fingerprint density at radius 2 is 1.92 bits per heavy atom. The molecule has 1 heterocycles. The largest absolute Gasteiger partial charge is 0.493 e. The number of hydrogen-bond acceptors (Lipinski definition) is 3. The van der Waals surface area contributed by atoms with Crippen molar-refractivity contribution in [3.63, 3.8) is 0 Å². The van der Waals surface area contributed by atoms with E-state index in [-0.39, 0.29) is 11.8 Å². The lowest BCUT2D eigenvalue weighted by molar-refractivity contribution is -0.143. The highest BCUT2D eigenvalue weighted by Crippen LogP contribution is 2.38. The van der Waals surface area contributed by atoms with Gasteiger partial charge in [-0.15, -0.1) is 0 Å². The molecule has 0 aromatic heterocycles. The summed E-state index contributed by atoms with van der Waals surface area (Å²) < 4.78 is 6.09. The summed E-state index contributed by atoms with van der Waals surface area (Å²) in [6.07, 6.45) is 5.52. The maximum atomic E-state index is 11.8. The Labute approximate surface area is 142 Å². The highest BCUT2D eigenvalue weighted by atomic mass is 16.5. The summed E-state index contributed by atoms with van der Waals surface area (Å²) >= 11 is 0. The van der Waals surface area contributed by atoms with E-state index in [4.69, 9.17) is 9.84 Å². The molecular formula is C19H25NO4. The average molecular weight is 331 g/mol. The minimum absolute atomic E-state index is 0.277. The van der Waals surface area contributed by atoms with Gasteiger partial charge in [-0.1, -0.05) is 31.0 Å². The maximum absolute atomic E-state index is 11.8. The molecule has 1 saturated heterocycles. The predicted molar refractivity (Wildman–Crippen MR) is 90.1 cm³/mol.